The quantitative estimate of drug-likeness (QED) is 0.853. The van der Waals surface area contributed by atoms with Gasteiger partial charge in [-0.1, -0.05) is 26.7 Å². The van der Waals surface area contributed by atoms with Gasteiger partial charge in [-0.25, -0.2) is 18.1 Å². The first-order valence-electron chi connectivity index (χ1n) is 7.04. The fourth-order valence-electron chi connectivity index (χ4n) is 2.80. The molecule has 1 aliphatic carbocycles. The van der Waals surface area contributed by atoms with Crippen LogP contribution in [-0.4, -0.2) is 39.3 Å². The van der Waals surface area contributed by atoms with Crippen LogP contribution >= 0.6 is 0 Å². The van der Waals surface area contributed by atoms with E-state index in [1.807, 2.05) is 0 Å². The first-order chi connectivity index (χ1) is 8.87. The molecule has 0 bridgehead atoms. The minimum atomic E-state index is -3.18. The second-order valence-corrected chi connectivity index (χ2v) is 7.76. The zero-order chi connectivity index (χ0) is 14.0. The highest BCUT2D eigenvalue weighted by Gasteiger charge is 2.35. The van der Waals surface area contributed by atoms with Crippen molar-refractivity contribution in [2.45, 2.75) is 51.6 Å². The van der Waals surface area contributed by atoms with Crippen LogP contribution in [0.3, 0.4) is 0 Å². The van der Waals surface area contributed by atoms with Gasteiger partial charge < -0.3 is 4.74 Å². The van der Waals surface area contributed by atoms with Gasteiger partial charge in [-0.05, 0) is 18.8 Å². The number of nitrogens with zero attached hydrogens (tertiary/aromatic N) is 1. The molecule has 1 aliphatic heterocycles. The minimum absolute atomic E-state index is 0.0617. The Hall–Kier alpha value is -0.620. The molecule has 0 aromatic carbocycles. The summed E-state index contributed by atoms with van der Waals surface area (Å²) in [5.74, 6) is 1.33. The predicted octanol–water partition coefficient (Wildman–Crippen LogP) is 1.55. The Balaban J connectivity index is 2.10. The molecule has 1 heterocycles. The van der Waals surface area contributed by atoms with E-state index in [9.17, 15) is 8.42 Å². The van der Waals surface area contributed by atoms with Crippen molar-refractivity contribution in [3.63, 3.8) is 0 Å². The van der Waals surface area contributed by atoms with Gasteiger partial charge in [-0.2, -0.15) is 0 Å². The summed E-state index contributed by atoms with van der Waals surface area (Å²) >= 11 is 0. The third kappa shape index (κ3) is 3.92. The average molecular weight is 288 g/mol. The number of nitrogens with one attached hydrogen (secondary N) is 1. The highest BCUT2D eigenvalue weighted by Crippen LogP contribution is 2.29. The summed E-state index contributed by atoms with van der Waals surface area (Å²) < 4.78 is 31.3. The first-order valence-corrected chi connectivity index (χ1v) is 8.94. The largest absolute Gasteiger partial charge is 0.478 e. The third-order valence-electron chi connectivity index (χ3n) is 3.91. The second kappa shape index (κ2) is 5.79. The highest BCUT2D eigenvalue weighted by molar-refractivity contribution is 7.88. The number of aliphatic imine (C=N–C) groups is 1. The lowest BCUT2D eigenvalue weighted by atomic mass is 9.85. The zero-order valence-corrected chi connectivity index (χ0v) is 12.7. The predicted molar refractivity (Wildman–Crippen MR) is 75.7 cm³/mol. The normalized spacial score (nSPS) is 32.2. The molecule has 0 aromatic rings. The lowest BCUT2D eigenvalue weighted by molar-refractivity contribution is 0.252. The van der Waals surface area contributed by atoms with Crippen LogP contribution in [0.1, 0.15) is 39.5 Å². The Morgan fingerprint density at radius 3 is 2.58 bits per heavy atom. The molecular formula is C13H24N2O3S. The molecule has 1 saturated carbocycles. The summed E-state index contributed by atoms with van der Waals surface area (Å²) in [6.45, 7) is 4.90. The molecule has 2 aliphatic rings. The van der Waals surface area contributed by atoms with E-state index in [0.717, 1.165) is 31.6 Å². The fraction of sp³-hybridized carbons (Fsp3) is 0.923. The van der Waals surface area contributed by atoms with Gasteiger partial charge >= 0.3 is 0 Å². The van der Waals surface area contributed by atoms with E-state index in [0.29, 0.717) is 12.5 Å². The third-order valence-corrected chi connectivity index (χ3v) is 4.64. The SMILES string of the molecule is CC(C)[C@@H]1COC([C@H]2CCCC[C@@H]2NS(C)(=O)=O)=N1. The molecule has 3 atom stereocenters. The number of sulfonamides is 1. The molecule has 0 amide bonds. The van der Waals surface area contributed by atoms with E-state index in [1.165, 1.54) is 6.26 Å². The van der Waals surface area contributed by atoms with Gasteiger partial charge in [-0.15, -0.1) is 0 Å². The molecule has 19 heavy (non-hydrogen) atoms. The molecule has 1 N–H and O–H groups in total. The van der Waals surface area contributed by atoms with Crippen LogP contribution in [-0.2, 0) is 14.8 Å². The van der Waals surface area contributed by atoms with E-state index >= 15 is 0 Å². The summed E-state index contributed by atoms with van der Waals surface area (Å²) in [4.78, 5) is 4.65. The molecule has 5 nitrogen and oxygen atoms in total. The van der Waals surface area contributed by atoms with Gasteiger partial charge in [0, 0.05) is 6.04 Å². The molecule has 6 heteroatoms. The molecule has 110 valence electrons. The van der Waals surface area contributed by atoms with Gasteiger partial charge in [0.05, 0.1) is 18.2 Å². The van der Waals surface area contributed by atoms with Gasteiger partial charge in [0.1, 0.15) is 6.61 Å². The average Bonchev–Trinajstić information content (AvgIpc) is 2.76. The summed E-state index contributed by atoms with van der Waals surface area (Å²) in [6.07, 6.45) is 5.21. The van der Waals surface area contributed by atoms with Gasteiger partial charge in [-0.3, -0.25) is 0 Å². The van der Waals surface area contributed by atoms with Crippen molar-refractivity contribution in [3.8, 4) is 0 Å². The van der Waals surface area contributed by atoms with E-state index in [1.54, 1.807) is 0 Å². The van der Waals surface area contributed by atoms with E-state index in [4.69, 9.17) is 4.74 Å². The smallest absolute Gasteiger partial charge is 0.208 e. The molecule has 0 spiro atoms. The van der Waals surface area contributed by atoms with Crippen LogP contribution < -0.4 is 4.72 Å². The molecule has 2 rings (SSSR count). The Morgan fingerprint density at radius 2 is 2.00 bits per heavy atom. The molecule has 1 fully saturated rings. The summed E-state index contributed by atoms with van der Waals surface area (Å²) in [5, 5.41) is 0. The van der Waals surface area contributed by atoms with Crippen molar-refractivity contribution in [1.29, 1.82) is 0 Å². The minimum Gasteiger partial charge on any atom is -0.478 e. The topological polar surface area (TPSA) is 67.8 Å². The number of ether oxygens (including phenoxy) is 1. The van der Waals surface area contributed by atoms with Crippen LogP contribution in [0.4, 0.5) is 0 Å². The number of hydrogen-bond donors (Lipinski definition) is 1. The number of hydrogen-bond acceptors (Lipinski definition) is 4. The molecular weight excluding hydrogens is 264 g/mol. The van der Waals surface area contributed by atoms with E-state index in [2.05, 4.69) is 23.6 Å². The maximum atomic E-state index is 11.4. The standard InChI is InChI=1S/C13H24N2O3S/c1-9(2)12-8-18-13(14-12)10-6-4-5-7-11(10)15-19(3,16)17/h9-12,15H,4-8H2,1-3H3/t10-,11-,12-/m0/s1. The van der Waals surface area contributed by atoms with Crippen LogP contribution in [0.5, 0.6) is 0 Å². The maximum Gasteiger partial charge on any atom is 0.208 e. The summed E-state index contributed by atoms with van der Waals surface area (Å²) in [6, 6.07) is 0.157. The van der Waals surface area contributed by atoms with E-state index < -0.39 is 10.0 Å². The number of rotatable bonds is 4. The summed E-state index contributed by atoms with van der Waals surface area (Å²) in [5.41, 5.74) is 0. The van der Waals surface area contributed by atoms with Crippen molar-refractivity contribution in [1.82, 2.24) is 4.72 Å². The van der Waals surface area contributed by atoms with Gasteiger partial charge in [0.15, 0.2) is 5.90 Å². The molecule has 0 unspecified atom stereocenters. The first kappa shape index (κ1) is 14.8. The molecule has 0 saturated heterocycles. The molecule has 0 aromatic heterocycles. The maximum absolute atomic E-state index is 11.4. The van der Waals surface area contributed by atoms with E-state index in [-0.39, 0.29) is 18.0 Å². The van der Waals surface area contributed by atoms with Gasteiger partial charge in [0.2, 0.25) is 10.0 Å². The van der Waals surface area contributed by atoms with Crippen LogP contribution in [0.15, 0.2) is 4.99 Å². The van der Waals surface area contributed by atoms with Crippen molar-refractivity contribution in [2.75, 3.05) is 12.9 Å². The van der Waals surface area contributed by atoms with Gasteiger partial charge in [0.25, 0.3) is 0 Å². The monoisotopic (exact) mass is 288 g/mol. The second-order valence-electron chi connectivity index (χ2n) is 5.98. The van der Waals surface area contributed by atoms with Crippen molar-refractivity contribution in [3.05, 3.63) is 0 Å². The zero-order valence-electron chi connectivity index (χ0n) is 11.9. The van der Waals surface area contributed by atoms with Crippen molar-refractivity contribution < 1.29 is 13.2 Å². The van der Waals surface area contributed by atoms with Crippen molar-refractivity contribution in [2.24, 2.45) is 16.8 Å². The van der Waals surface area contributed by atoms with Crippen LogP contribution in [0.25, 0.3) is 0 Å². The van der Waals surface area contributed by atoms with Crippen molar-refractivity contribution >= 4 is 15.9 Å². The highest BCUT2D eigenvalue weighted by atomic mass is 32.2. The Kier molecular flexibility index (Phi) is 4.50. The van der Waals surface area contributed by atoms with Crippen LogP contribution in [0.2, 0.25) is 0 Å². The Labute approximate surface area is 115 Å². The lowest BCUT2D eigenvalue weighted by Crippen LogP contribution is -2.44. The Morgan fingerprint density at radius 1 is 1.32 bits per heavy atom. The fourth-order valence-corrected chi connectivity index (χ4v) is 3.63. The van der Waals surface area contributed by atoms with Crippen LogP contribution in [0, 0.1) is 11.8 Å². The Bertz CT molecular complexity index is 445. The summed E-state index contributed by atoms with van der Waals surface area (Å²) in [7, 11) is -3.18. The molecule has 0 radical (unpaired) electrons. The lowest BCUT2D eigenvalue weighted by Gasteiger charge is -2.30.